The zero-order valence-electron chi connectivity index (χ0n) is 16.8. The number of carbonyl (C=O) groups is 3. The molecule has 0 aromatic heterocycles. The molecule has 2 amide bonds. The van der Waals surface area contributed by atoms with E-state index < -0.39 is 24.4 Å². The Morgan fingerprint density at radius 2 is 2.00 bits per heavy atom. The summed E-state index contributed by atoms with van der Waals surface area (Å²) in [6, 6.07) is 12.3. The molecule has 2 aromatic rings. The van der Waals surface area contributed by atoms with E-state index in [0.29, 0.717) is 28.8 Å². The number of para-hydroxylation sites is 2. The first-order chi connectivity index (χ1) is 14.4. The zero-order chi connectivity index (χ0) is 21.7. The minimum Gasteiger partial charge on any atom is -0.492 e. The van der Waals surface area contributed by atoms with Gasteiger partial charge in [0.15, 0.2) is 6.61 Å². The average molecular weight is 431 g/mol. The number of nitrogens with one attached hydrogen (secondary N) is 1. The van der Waals surface area contributed by atoms with Crippen LogP contribution >= 0.6 is 11.6 Å². The monoisotopic (exact) mass is 430 g/mol. The van der Waals surface area contributed by atoms with Gasteiger partial charge in [-0.25, -0.2) is 0 Å². The Balaban J connectivity index is 1.54. The third-order valence-electron chi connectivity index (χ3n) is 4.73. The van der Waals surface area contributed by atoms with Crippen molar-refractivity contribution < 1.29 is 23.9 Å². The van der Waals surface area contributed by atoms with Crippen LogP contribution in [0.5, 0.6) is 5.75 Å². The third-order valence-corrected chi connectivity index (χ3v) is 5.14. The summed E-state index contributed by atoms with van der Waals surface area (Å²) >= 11 is 6.14. The van der Waals surface area contributed by atoms with Crippen molar-refractivity contribution in [2.45, 2.75) is 20.3 Å². The molecule has 1 aliphatic heterocycles. The normalized spacial score (nSPS) is 15.8. The molecule has 0 radical (unpaired) electrons. The maximum Gasteiger partial charge on any atom is 0.311 e. The van der Waals surface area contributed by atoms with Crippen LogP contribution in [-0.4, -0.2) is 37.5 Å². The average Bonchev–Trinajstić information content (AvgIpc) is 3.11. The lowest BCUT2D eigenvalue weighted by Gasteiger charge is -2.17. The standard InChI is InChI=1S/C22H23ClN2O5/c1-3-29-19-7-5-4-6-18(19)24-20(26)13-30-22(28)15-10-21(27)25(12-15)16-9-8-14(2)17(23)11-16/h4-9,11,15H,3,10,12-13H2,1-2H3,(H,24,26). The summed E-state index contributed by atoms with van der Waals surface area (Å²) in [4.78, 5) is 38.4. The molecule has 1 atom stereocenters. The van der Waals surface area contributed by atoms with E-state index in [0.717, 1.165) is 5.56 Å². The number of aryl methyl sites for hydroxylation is 1. The van der Waals surface area contributed by atoms with E-state index >= 15 is 0 Å². The maximum absolute atomic E-state index is 12.4. The molecule has 1 saturated heterocycles. The summed E-state index contributed by atoms with van der Waals surface area (Å²) in [5.41, 5.74) is 2.04. The molecular weight excluding hydrogens is 408 g/mol. The van der Waals surface area contributed by atoms with Gasteiger partial charge >= 0.3 is 5.97 Å². The number of benzene rings is 2. The van der Waals surface area contributed by atoms with Gasteiger partial charge in [0.05, 0.1) is 18.2 Å². The van der Waals surface area contributed by atoms with E-state index in [9.17, 15) is 14.4 Å². The Bertz CT molecular complexity index is 962. The van der Waals surface area contributed by atoms with Crippen LogP contribution in [-0.2, 0) is 19.1 Å². The Morgan fingerprint density at radius 3 is 2.73 bits per heavy atom. The molecule has 1 aliphatic rings. The molecule has 0 saturated carbocycles. The highest BCUT2D eigenvalue weighted by Crippen LogP contribution is 2.29. The second-order valence-electron chi connectivity index (χ2n) is 6.92. The van der Waals surface area contributed by atoms with Crippen molar-refractivity contribution in [2.24, 2.45) is 5.92 Å². The van der Waals surface area contributed by atoms with Crippen LogP contribution in [0.2, 0.25) is 5.02 Å². The Labute approximate surface area is 179 Å². The number of anilines is 2. The van der Waals surface area contributed by atoms with Gasteiger partial charge in [0.2, 0.25) is 5.91 Å². The second-order valence-corrected chi connectivity index (χ2v) is 7.33. The number of nitrogens with zero attached hydrogens (tertiary/aromatic N) is 1. The van der Waals surface area contributed by atoms with Gasteiger partial charge in [0, 0.05) is 23.7 Å². The second kappa shape index (κ2) is 9.63. The fraction of sp³-hybridized carbons (Fsp3) is 0.318. The smallest absolute Gasteiger partial charge is 0.311 e. The first kappa shape index (κ1) is 21.6. The fourth-order valence-corrected chi connectivity index (χ4v) is 3.33. The van der Waals surface area contributed by atoms with E-state index in [1.54, 1.807) is 36.4 Å². The number of ether oxygens (including phenoxy) is 2. The number of hydrogen-bond donors (Lipinski definition) is 1. The van der Waals surface area contributed by atoms with Gasteiger partial charge in [-0.2, -0.15) is 0 Å². The maximum atomic E-state index is 12.4. The lowest BCUT2D eigenvalue weighted by Crippen LogP contribution is -2.28. The number of esters is 1. The molecule has 0 aliphatic carbocycles. The van der Waals surface area contributed by atoms with E-state index in [1.165, 1.54) is 4.90 Å². The van der Waals surface area contributed by atoms with Crippen molar-refractivity contribution in [1.29, 1.82) is 0 Å². The molecule has 1 unspecified atom stereocenters. The van der Waals surface area contributed by atoms with Crippen molar-refractivity contribution in [2.75, 3.05) is 30.0 Å². The van der Waals surface area contributed by atoms with Crippen molar-refractivity contribution in [3.05, 3.63) is 53.1 Å². The van der Waals surface area contributed by atoms with E-state index in [1.807, 2.05) is 19.9 Å². The summed E-state index contributed by atoms with van der Waals surface area (Å²) in [5.74, 6) is -1.36. The lowest BCUT2D eigenvalue weighted by molar-refractivity contribution is -0.151. The highest BCUT2D eigenvalue weighted by Gasteiger charge is 2.36. The molecule has 0 spiro atoms. The molecular formula is C22H23ClN2O5. The Hall–Kier alpha value is -3.06. The van der Waals surface area contributed by atoms with Gasteiger partial charge in [0.1, 0.15) is 5.75 Å². The first-order valence-corrected chi connectivity index (χ1v) is 10.0. The Morgan fingerprint density at radius 1 is 1.23 bits per heavy atom. The van der Waals surface area contributed by atoms with Crippen molar-refractivity contribution in [1.82, 2.24) is 0 Å². The van der Waals surface area contributed by atoms with Gasteiger partial charge in [-0.15, -0.1) is 0 Å². The minimum atomic E-state index is -0.638. The van der Waals surface area contributed by atoms with Crippen LogP contribution in [0.25, 0.3) is 0 Å². The number of rotatable bonds is 7. The topological polar surface area (TPSA) is 84.9 Å². The highest BCUT2D eigenvalue weighted by atomic mass is 35.5. The lowest BCUT2D eigenvalue weighted by atomic mass is 10.1. The molecule has 1 fully saturated rings. The van der Waals surface area contributed by atoms with Gasteiger partial charge in [-0.1, -0.05) is 29.8 Å². The predicted molar refractivity (Wildman–Crippen MR) is 114 cm³/mol. The number of carbonyl (C=O) groups excluding carboxylic acids is 3. The number of hydrogen-bond acceptors (Lipinski definition) is 5. The molecule has 8 heteroatoms. The SMILES string of the molecule is CCOc1ccccc1NC(=O)COC(=O)C1CC(=O)N(c2ccc(C)c(Cl)c2)C1. The summed E-state index contributed by atoms with van der Waals surface area (Å²) in [6.45, 7) is 3.92. The number of halogens is 1. The van der Waals surface area contributed by atoms with Crippen molar-refractivity contribution >= 4 is 40.8 Å². The molecule has 0 bridgehead atoms. The molecule has 2 aromatic carbocycles. The van der Waals surface area contributed by atoms with Gasteiger partial charge < -0.3 is 19.7 Å². The molecule has 7 nitrogen and oxygen atoms in total. The molecule has 1 heterocycles. The third kappa shape index (κ3) is 5.10. The summed E-state index contributed by atoms with van der Waals surface area (Å²) < 4.78 is 10.6. The van der Waals surface area contributed by atoms with Crippen LogP contribution in [0.15, 0.2) is 42.5 Å². The van der Waals surface area contributed by atoms with Gasteiger partial charge in [-0.05, 0) is 43.7 Å². The zero-order valence-corrected chi connectivity index (χ0v) is 17.6. The molecule has 30 heavy (non-hydrogen) atoms. The summed E-state index contributed by atoms with van der Waals surface area (Å²) in [7, 11) is 0. The fourth-order valence-electron chi connectivity index (χ4n) is 3.16. The van der Waals surface area contributed by atoms with E-state index in [4.69, 9.17) is 21.1 Å². The van der Waals surface area contributed by atoms with Gasteiger partial charge in [-0.3, -0.25) is 14.4 Å². The summed E-state index contributed by atoms with van der Waals surface area (Å²) in [5, 5.41) is 3.21. The Kier molecular flexibility index (Phi) is 6.95. The van der Waals surface area contributed by atoms with Crippen LogP contribution in [0.1, 0.15) is 18.9 Å². The molecule has 158 valence electrons. The highest BCUT2D eigenvalue weighted by molar-refractivity contribution is 6.31. The van der Waals surface area contributed by atoms with Crippen LogP contribution in [0.4, 0.5) is 11.4 Å². The molecule has 3 rings (SSSR count). The van der Waals surface area contributed by atoms with Crippen molar-refractivity contribution in [3.8, 4) is 5.75 Å². The van der Waals surface area contributed by atoms with E-state index in [2.05, 4.69) is 5.32 Å². The number of amides is 2. The molecule has 1 N–H and O–H groups in total. The first-order valence-electron chi connectivity index (χ1n) is 9.64. The van der Waals surface area contributed by atoms with Crippen LogP contribution in [0.3, 0.4) is 0 Å². The largest absolute Gasteiger partial charge is 0.492 e. The van der Waals surface area contributed by atoms with Crippen LogP contribution < -0.4 is 15.0 Å². The van der Waals surface area contributed by atoms with Crippen LogP contribution in [0, 0.1) is 12.8 Å². The van der Waals surface area contributed by atoms with E-state index in [-0.39, 0.29) is 18.9 Å². The quantitative estimate of drug-likeness (QED) is 0.678. The van der Waals surface area contributed by atoms with Gasteiger partial charge in [0.25, 0.3) is 5.91 Å². The summed E-state index contributed by atoms with van der Waals surface area (Å²) in [6.07, 6.45) is 0.0269. The predicted octanol–water partition coefficient (Wildman–Crippen LogP) is 3.58. The minimum absolute atomic E-state index is 0.0269. The van der Waals surface area contributed by atoms with Crippen molar-refractivity contribution in [3.63, 3.8) is 0 Å².